The largest absolute Gasteiger partial charge is 0.469 e. The van der Waals surface area contributed by atoms with Crippen LogP contribution in [0.4, 0.5) is 5.82 Å². The lowest BCUT2D eigenvalue weighted by Crippen LogP contribution is -2.41. The highest BCUT2D eigenvalue weighted by Crippen LogP contribution is 2.19. The molecule has 2 rings (SSSR count). The number of nitrogens with zero attached hydrogens (tertiary/aromatic N) is 2. The fourth-order valence-electron chi connectivity index (χ4n) is 3.26. The van der Waals surface area contributed by atoms with Crippen LogP contribution in [0.5, 0.6) is 0 Å². The first-order valence-electron chi connectivity index (χ1n) is 12.0. The lowest BCUT2D eigenvalue weighted by atomic mass is 9.96. The maximum absolute atomic E-state index is 12.8. The Bertz CT molecular complexity index is 1210. The van der Waals surface area contributed by atoms with Gasteiger partial charge in [0.25, 0.3) is 5.56 Å². The van der Waals surface area contributed by atoms with Crippen LogP contribution < -0.4 is 16.2 Å². The fraction of sp³-hybridized carbons (Fsp3) is 0.520. The molecule has 0 saturated carbocycles. The third kappa shape index (κ3) is 8.89. The fourth-order valence-corrected chi connectivity index (χ4v) is 3.26. The normalized spacial score (nSPS) is 12.4. The van der Waals surface area contributed by atoms with Crippen LogP contribution in [-0.2, 0) is 28.7 Å². The predicted octanol–water partition coefficient (Wildman–Crippen LogP) is 2.35. The summed E-state index contributed by atoms with van der Waals surface area (Å²) in [5.74, 6) is -1.21. The molecule has 0 aliphatic rings. The number of hydrogen-bond acceptors (Lipinski definition) is 8. The van der Waals surface area contributed by atoms with Crippen LogP contribution in [-0.4, -0.2) is 58.5 Å². The van der Waals surface area contributed by atoms with Crippen molar-refractivity contribution in [3.05, 3.63) is 28.8 Å². The minimum absolute atomic E-state index is 0.0169. The summed E-state index contributed by atoms with van der Waals surface area (Å²) in [4.78, 5) is 67.5. The maximum atomic E-state index is 12.8. The highest BCUT2D eigenvalue weighted by Gasteiger charge is 2.23. The van der Waals surface area contributed by atoms with Crippen molar-refractivity contribution < 1.29 is 28.7 Å². The number of nitrogens with one attached hydrogen (secondary N) is 3. The van der Waals surface area contributed by atoms with Gasteiger partial charge in [-0.1, -0.05) is 26.8 Å². The second-order valence-corrected chi connectivity index (χ2v) is 9.50. The Kier molecular flexibility index (Phi) is 10.6. The zero-order valence-electron chi connectivity index (χ0n) is 21.9. The summed E-state index contributed by atoms with van der Waals surface area (Å²) < 4.78 is 10.6. The van der Waals surface area contributed by atoms with Crippen molar-refractivity contribution in [2.75, 3.05) is 19.5 Å². The number of ether oxygens (including phenoxy) is 2. The van der Waals surface area contributed by atoms with Gasteiger partial charge in [0.15, 0.2) is 0 Å². The van der Waals surface area contributed by atoms with Crippen molar-refractivity contribution >= 4 is 46.8 Å². The van der Waals surface area contributed by atoms with Crippen LogP contribution in [0.25, 0.3) is 17.2 Å². The first kappa shape index (κ1) is 29.3. The number of unbranched alkanes of at least 4 members (excludes halogenated alkanes) is 2. The molecule has 2 amide bonds. The molecular weight excluding hydrogens is 482 g/mol. The van der Waals surface area contributed by atoms with Gasteiger partial charge in [0.05, 0.1) is 19.6 Å². The molecule has 0 spiro atoms. The molecule has 3 N–H and O–H groups in total. The first-order chi connectivity index (χ1) is 17.5. The lowest BCUT2D eigenvalue weighted by Gasteiger charge is -2.16. The van der Waals surface area contributed by atoms with E-state index in [0.29, 0.717) is 36.1 Å². The van der Waals surface area contributed by atoms with Gasteiger partial charge in [-0.15, -0.1) is 0 Å². The molecule has 0 aromatic carbocycles. The van der Waals surface area contributed by atoms with E-state index in [1.54, 1.807) is 39.1 Å². The first-order valence-corrected chi connectivity index (χ1v) is 12.0. The Morgan fingerprint density at radius 2 is 1.86 bits per heavy atom. The number of anilines is 1. The number of carbonyl (C=O) groups is 4. The summed E-state index contributed by atoms with van der Waals surface area (Å²) in [7, 11) is 2.46. The average Bonchev–Trinajstić information content (AvgIpc) is 3.27. The molecule has 202 valence electrons. The number of fused-ring (bicyclic) bond motifs is 1. The molecule has 0 saturated heterocycles. The molecule has 2 heterocycles. The van der Waals surface area contributed by atoms with Crippen LogP contribution in [0, 0.1) is 5.41 Å². The van der Waals surface area contributed by atoms with Crippen molar-refractivity contribution in [2.45, 2.75) is 65.3 Å². The molecule has 0 aliphatic carbocycles. The molecule has 1 atom stereocenters. The Morgan fingerprint density at radius 3 is 2.51 bits per heavy atom. The highest BCUT2D eigenvalue weighted by atomic mass is 16.5. The molecule has 12 nitrogen and oxygen atoms in total. The topological polar surface area (TPSA) is 161 Å². The van der Waals surface area contributed by atoms with Crippen LogP contribution in [0.15, 0.2) is 23.3 Å². The standard InChI is InChI=1S/C25H35N5O7/c1-25(2,3)24(35)29-18-14-16-21(28-18)26-15-30(22(16)33)13-9-7-6-8-10-19(31)27-17(23(34)37-5)11-12-20(32)36-4/h9,13-15,17,28H,6-8,10-12H2,1-5H3,(H,27,31)(H,29,35)/b13-9+/t17-/m0/s1. The number of aromatic nitrogens is 3. The van der Waals surface area contributed by atoms with E-state index in [0.717, 1.165) is 0 Å². The van der Waals surface area contributed by atoms with Crippen molar-refractivity contribution in [1.29, 1.82) is 0 Å². The quantitative estimate of drug-likeness (QED) is 0.285. The molecule has 0 bridgehead atoms. The van der Waals surface area contributed by atoms with Crippen molar-refractivity contribution in [1.82, 2.24) is 19.9 Å². The number of carbonyl (C=O) groups excluding carboxylic acids is 4. The number of methoxy groups -OCH3 is 2. The Labute approximate surface area is 214 Å². The van der Waals surface area contributed by atoms with Crippen molar-refractivity contribution in [3.63, 3.8) is 0 Å². The van der Waals surface area contributed by atoms with Crippen LogP contribution >= 0.6 is 0 Å². The summed E-state index contributed by atoms with van der Waals surface area (Å²) in [5.41, 5.74) is -0.488. The summed E-state index contributed by atoms with van der Waals surface area (Å²) in [6, 6.07) is 0.644. The number of esters is 2. The molecule has 2 aromatic heterocycles. The predicted molar refractivity (Wildman–Crippen MR) is 137 cm³/mol. The monoisotopic (exact) mass is 517 g/mol. The second kappa shape index (κ2) is 13.4. The number of hydrogen-bond donors (Lipinski definition) is 3. The minimum Gasteiger partial charge on any atom is -0.469 e. The summed E-state index contributed by atoms with van der Waals surface area (Å²) in [5, 5.41) is 5.69. The van der Waals surface area contributed by atoms with E-state index >= 15 is 0 Å². The maximum Gasteiger partial charge on any atom is 0.328 e. The third-order valence-electron chi connectivity index (χ3n) is 5.48. The van der Waals surface area contributed by atoms with Gasteiger partial charge < -0.3 is 25.1 Å². The number of allylic oxidation sites excluding steroid dienone is 1. The van der Waals surface area contributed by atoms with Gasteiger partial charge >= 0.3 is 11.9 Å². The molecular formula is C25H35N5O7. The molecule has 0 unspecified atom stereocenters. The summed E-state index contributed by atoms with van der Waals surface area (Å²) in [6.07, 6.45) is 6.91. The summed E-state index contributed by atoms with van der Waals surface area (Å²) >= 11 is 0. The zero-order valence-corrected chi connectivity index (χ0v) is 21.9. The smallest absolute Gasteiger partial charge is 0.328 e. The highest BCUT2D eigenvalue weighted by molar-refractivity contribution is 5.96. The van der Waals surface area contributed by atoms with Gasteiger partial charge in [-0.25, -0.2) is 9.78 Å². The van der Waals surface area contributed by atoms with E-state index in [2.05, 4.69) is 30.1 Å². The van der Waals surface area contributed by atoms with E-state index in [1.807, 2.05) is 0 Å². The minimum atomic E-state index is -0.915. The van der Waals surface area contributed by atoms with Crippen LogP contribution in [0.2, 0.25) is 0 Å². The van der Waals surface area contributed by atoms with Crippen LogP contribution in [0.1, 0.15) is 59.3 Å². The van der Waals surface area contributed by atoms with Crippen molar-refractivity contribution in [2.24, 2.45) is 5.41 Å². The Hall–Kier alpha value is -3.96. The van der Waals surface area contributed by atoms with Gasteiger partial charge in [-0.05, 0) is 31.7 Å². The van der Waals surface area contributed by atoms with Gasteiger partial charge in [0, 0.05) is 24.5 Å². The van der Waals surface area contributed by atoms with E-state index in [9.17, 15) is 24.0 Å². The second-order valence-electron chi connectivity index (χ2n) is 9.50. The zero-order chi connectivity index (χ0) is 27.6. The molecule has 0 aliphatic heterocycles. The molecule has 2 aromatic rings. The molecule has 12 heteroatoms. The molecule has 0 fully saturated rings. The lowest BCUT2D eigenvalue weighted by molar-refractivity contribution is -0.146. The van der Waals surface area contributed by atoms with Crippen molar-refractivity contribution in [3.8, 4) is 0 Å². The Morgan fingerprint density at radius 1 is 1.14 bits per heavy atom. The van der Waals surface area contributed by atoms with Gasteiger partial charge in [-0.3, -0.25) is 23.7 Å². The number of H-pyrrole nitrogens is 1. The van der Waals surface area contributed by atoms with E-state index in [1.165, 1.54) is 25.1 Å². The Balaban J connectivity index is 1.85. The van der Waals surface area contributed by atoms with E-state index < -0.39 is 23.4 Å². The van der Waals surface area contributed by atoms with Crippen LogP contribution in [0.3, 0.4) is 0 Å². The number of aromatic amines is 1. The molecule has 37 heavy (non-hydrogen) atoms. The van der Waals surface area contributed by atoms with E-state index in [-0.39, 0.29) is 36.6 Å². The van der Waals surface area contributed by atoms with Gasteiger partial charge in [-0.2, -0.15) is 0 Å². The number of rotatable bonds is 12. The SMILES string of the molecule is COC(=O)CC[C@H](NC(=O)CCCC/C=C/n1cnc2[nH]c(NC(=O)C(C)(C)C)cc2c1=O)C(=O)OC. The van der Waals surface area contributed by atoms with Gasteiger partial charge in [0.1, 0.15) is 23.8 Å². The van der Waals surface area contributed by atoms with Gasteiger partial charge in [0.2, 0.25) is 11.8 Å². The number of amides is 2. The van der Waals surface area contributed by atoms with E-state index in [4.69, 9.17) is 0 Å². The third-order valence-corrected chi connectivity index (χ3v) is 5.48. The average molecular weight is 518 g/mol. The molecule has 0 radical (unpaired) electrons. The summed E-state index contributed by atoms with van der Waals surface area (Å²) in [6.45, 7) is 5.38.